The first kappa shape index (κ1) is 11.7. The maximum atomic E-state index is 11.2. The molecule has 4 heteroatoms. The Morgan fingerprint density at radius 3 is 2.54 bits per heavy atom. The van der Waals surface area contributed by atoms with Crippen molar-refractivity contribution in [2.75, 3.05) is 13.7 Å². The topological polar surface area (TPSA) is 52.6 Å². The van der Waals surface area contributed by atoms with Crippen LogP contribution in [0.4, 0.5) is 0 Å². The van der Waals surface area contributed by atoms with Gasteiger partial charge in [-0.25, -0.2) is 0 Å². The first-order valence-corrected chi connectivity index (χ1v) is 4.03. The van der Waals surface area contributed by atoms with Gasteiger partial charge in [0.2, 0.25) is 0 Å². The second-order valence-electron chi connectivity index (χ2n) is 2.41. The third-order valence-corrected chi connectivity index (χ3v) is 1.48. The van der Waals surface area contributed by atoms with Crippen molar-refractivity contribution >= 4 is 11.8 Å². The van der Waals surface area contributed by atoms with Crippen LogP contribution in [0.2, 0.25) is 0 Å². The van der Waals surface area contributed by atoms with E-state index in [1.807, 2.05) is 0 Å². The van der Waals surface area contributed by atoms with Gasteiger partial charge in [-0.3, -0.25) is 9.59 Å². The quantitative estimate of drug-likeness (QED) is 0.277. The van der Waals surface area contributed by atoms with Crippen LogP contribution in [-0.2, 0) is 19.1 Å². The van der Waals surface area contributed by atoms with E-state index in [0.717, 1.165) is 0 Å². The Balaban J connectivity index is 4.03. The Labute approximate surface area is 77.5 Å². The molecule has 0 rings (SSSR count). The number of ether oxygens (including phenoxy) is 2. The summed E-state index contributed by atoms with van der Waals surface area (Å²) in [6, 6.07) is 0. The minimum Gasteiger partial charge on any atom is -0.501 e. The van der Waals surface area contributed by atoms with Crippen LogP contribution in [0, 0.1) is 5.92 Å². The highest BCUT2D eigenvalue weighted by Gasteiger charge is 2.19. The highest BCUT2D eigenvalue weighted by atomic mass is 16.5. The number of hydrogen-bond acceptors (Lipinski definition) is 4. The fraction of sp³-hybridized carbons (Fsp3) is 0.556. The molecule has 0 aromatic heterocycles. The van der Waals surface area contributed by atoms with Crippen molar-refractivity contribution in [1.82, 2.24) is 0 Å². The number of allylic oxidation sites excluding steroid dienone is 1. The molecule has 0 aromatic rings. The third kappa shape index (κ3) is 4.30. The van der Waals surface area contributed by atoms with E-state index in [-0.39, 0.29) is 5.78 Å². The molecule has 0 aliphatic heterocycles. The summed E-state index contributed by atoms with van der Waals surface area (Å²) in [6.07, 6.45) is 2.51. The Bertz CT molecular complexity index is 208. The Hall–Kier alpha value is -1.32. The van der Waals surface area contributed by atoms with E-state index in [1.54, 1.807) is 6.92 Å². The monoisotopic (exact) mass is 186 g/mol. The smallest absolute Gasteiger partial charge is 0.316 e. The number of rotatable bonds is 5. The summed E-state index contributed by atoms with van der Waals surface area (Å²) in [5.74, 6) is -1.62. The molecule has 0 amide bonds. The molecular formula is C9H14O4. The van der Waals surface area contributed by atoms with Crippen molar-refractivity contribution in [3.8, 4) is 0 Å². The molecule has 0 aromatic carbocycles. The van der Waals surface area contributed by atoms with Crippen molar-refractivity contribution in [1.29, 1.82) is 0 Å². The Morgan fingerprint density at radius 1 is 1.46 bits per heavy atom. The van der Waals surface area contributed by atoms with Gasteiger partial charge in [0.05, 0.1) is 20.0 Å². The van der Waals surface area contributed by atoms with Crippen molar-refractivity contribution in [2.45, 2.75) is 13.8 Å². The van der Waals surface area contributed by atoms with Gasteiger partial charge in [0, 0.05) is 6.08 Å². The van der Waals surface area contributed by atoms with E-state index in [1.165, 1.54) is 26.4 Å². The predicted molar refractivity (Wildman–Crippen MR) is 47.0 cm³/mol. The average Bonchev–Trinajstić information content (AvgIpc) is 2.15. The van der Waals surface area contributed by atoms with E-state index in [9.17, 15) is 9.59 Å². The Morgan fingerprint density at radius 2 is 2.08 bits per heavy atom. The maximum Gasteiger partial charge on any atom is 0.316 e. The molecular weight excluding hydrogens is 172 g/mol. The van der Waals surface area contributed by atoms with Gasteiger partial charge in [-0.2, -0.15) is 0 Å². The van der Waals surface area contributed by atoms with E-state index >= 15 is 0 Å². The zero-order valence-corrected chi connectivity index (χ0v) is 8.07. The summed E-state index contributed by atoms with van der Waals surface area (Å²) < 4.78 is 9.22. The molecule has 0 spiro atoms. The van der Waals surface area contributed by atoms with Crippen LogP contribution in [0.15, 0.2) is 12.3 Å². The lowest BCUT2D eigenvalue weighted by molar-refractivity contribution is -0.147. The van der Waals surface area contributed by atoms with Gasteiger partial charge in [-0.1, -0.05) is 0 Å². The number of methoxy groups -OCH3 is 1. The van der Waals surface area contributed by atoms with E-state index in [4.69, 9.17) is 4.74 Å². The summed E-state index contributed by atoms with van der Waals surface area (Å²) in [6.45, 7) is 3.79. The van der Waals surface area contributed by atoms with Crippen LogP contribution in [-0.4, -0.2) is 25.5 Å². The summed E-state index contributed by atoms with van der Waals surface area (Å²) in [5, 5.41) is 0. The molecule has 1 atom stereocenters. The van der Waals surface area contributed by atoms with E-state index in [2.05, 4.69) is 4.74 Å². The van der Waals surface area contributed by atoms with Crippen LogP contribution < -0.4 is 0 Å². The van der Waals surface area contributed by atoms with Gasteiger partial charge in [-0.15, -0.1) is 0 Å². The lowest BCUT2D eigenvalue weighted by Crippen LogP contribution is -2.20. The molecule has 0 saturated heterocycles. The molecule has 74 valence electrons. The molecule has 0 heterocycles. The first-order chi connectivity index (χ1) is 6.13. The Kier molecular flexibility index (Phi) is 5.59. The minimum absolute atomic E-state index is 0.319. The van der Waals surface area contributed by atoms with Gasteiger partial charge < -0.3 is 9.47 Å². The van der Waals surface area contributed by atoms with E-state index in [0.29, 0.717) is 6.61 Å². The van der Waals surface area contributed by atoms with Crippen LogP contribution in [0.5, 0.6) is 0 Å². The van der Waals surface area contributed by atoms with Gasteiger partial charge in [0.15, 0.2) is 5.78 Å². The fourth-order valence-electron chi connectivity index (χ4n) is 0.649. The zero-order chi connectivity index (χ0) is 10.3. The summed E-state index contributed by atoms with van der Waals surface area (Å²) in [5.41, 5.74) is 0. The standard InChI is InChI=1S/C9H14O4/c1-4-13-6-5-8(10)7(2)9(11)12-3/h5-7H,4H2,1-3H3/b6-5+. The summed E-state index contributed by atoms with van der Waals surface area (Å²) in [7, 11) is 1.25. The van der Waals surface area contributed by atoms with Crippen LogP contribution >= 0.6 is 0 Å². The van der Waals surface area contributed by atoms with Gasteiger partial charge in [0.25, 0.3) is 0 Å². The van der Waals surface area contributed by atoms with Crippen LogP contribution in [0.1, 0.15) is 13.8 Å². The van der Waals surface area contributed by atoms with Gasteiger partial charge in [0.1, 0.15) is 5.92 Å². The molecule has 0 fully saturated rings. The molecule has 0 aliphatic rings. The fourth-order valence-corrected chi connectivity index (χ4v) is 0.649. The largest absolute Gasteiger partial charge is 0.501 e. The second-order valence-corrected chi connectivity index (χ2v) is 2.41. The molecule has 0 radical (unpaired) electrons. The maximum absolute atomic E-state index is 11.2. The minimum atomic E-state index is -0.762. The van der Waals surface area contributed by atoms with E-state index < -0.39 is 11.9 Å². The molecule has 0 saturated carbocycles. The zero-order valence-electron chi connectivity index (χ0n) is 8.07. The molecule has 1 unspecified atom stereocenters. The highest BCUT2D eigenvalue weighted by molar-refractivity contribution is 6.04. The normalized spacial score (nSPS) is 12.5. The number of ketones is 1. The predicted octanol–water partition coefficient (Wildman–Crippen LogP) is 0.915. The average molecular weight is 186 g/mol. The molecule has 0 bridgehead atoms. The van der Waals surface area contributed by atoms with Crippen molar-refractivity contribution in [3.63, 3.8) is 0 Å². The van der Waals surface area contributed by atoms with Crippen molar-refractivity contribution in [2.24, 2.45) is 5.92 Å². The van der Waals surface area contributed by atoms with Crippen LogP contribution in [0.3, 0.4) is 0 Å². The lowest BCUT2D eigenvalue weighted by atomic mass is 10.1. The molecule has 0 aliphatic carbocycles. The van der Waals surface area contributed by atoms with Crippen molar-refractivity contribution in [3.05, 3.63) is 12.3 Å². The molecule has 13 heavy (non-hydrogen) atoms. The number of carbonyl (C=O) groups is 2. The molecule has 4 nitrogen and oxygen atoms in total. The van der Waals surface area contributed by atoms with Gasteiger partial charge >= 0.3 is 5.97 Å². The molecule has 0 N–H and O–H groups in total. The first-order valence-electron chi connectivity index (χ1n) is 4.03. The highest BCUT2D eigenvalue weighted by Crippen LogP contribution is 2.00. The number of esters is 1. The lowest BCUT2D eigenvalue weighted by Gasteiger charge is -2.03. The number of hydrogen-bond donors (Lipinski definition) is 0. The second kappa shape index (κ2) is 6.22. The summed E-state index contributed by atoms with van der Waals surface area (Å²) in [4.78, 5) is 22.0. The summed E-state index contributed by atoms with van der Waals surface area (Å²) >= 11 is 0. The number of carbonyl (C=O) groups excluding carboxylic acids is 2. The SMILES string of the molecule is CCO/C=C/C(=O)C(C)C(=O)OC. The van der Waals surface area contributed by atoms with Gasteiger partial charge in [-0.05, 0) is 13.8 Å². The van der Waals surface area contributed by atoms with Crippen LogP contribution in [0.25, 0.3) is 0 Å². The third-order valence-electron chi connectivity index (χ3n) is 1.48. The van der Waals surface area contributed by atoms with Crippen molar-refractivity contribution < 1.29 is 19.1 Å².